The minimum absolute atomic E-state index is 0.0156. The number of rotatable bonds is 8. The first kappa shape index (κ1) is 20.8. The van der Waals surface area contributed by atoms with Crippen LogP contribution in [0.2, 0.25) is 5.02 Å². The average molecular weight is 404 g/mol. The largest absolute Gasteiger partial charge is 0.464 e. The van der Waals surface area contributed by atoms with Gasteiger partial charge in [0.05, 0.1) is 18.8 Å². The van der Waals surface area contributed by atoms with E-state index in [1.54, 1.807) is 19.1 Å². The van der Waals surface area contributed by atoms with Crippen LogP contribution in [0.15, 0.2) is 48.5 Å². The Kier molecular flexibility index (Phi) is 7.45. The van der Waals surface area contributed by atoms with Crippen molar-refractivity contribution in [2.45, 2.75) is 38.0 Å². The van der Waals surface area contributed by atoms with E-state index in [0.717, 1.165) is 24.0 Å². The molecule has 5 nitrogen and oxygen atoms in total. The molecule has 0 aromatic heterocycles. The van der Waals surface area contributed by atoms with E-state index in [0.29, 0.717) is 18.2 Å². The molecular weight excluding hydrogens is 378 g/mol. The van der Waals surface area contributed by atoms with Gasteiger partial charge < -0.3 is 19.9 Å². The van der Waals surface area contributed by atoms with E-state index in [2.05, 4.69) is 11.4 Å². The molecule has 0 amide bonds. The lowest BCUT2D eigenvalue weighted by atomic mass is 9.85. The summed E-state index contributed by atoms with van der Waals surface area (Å²) in [5, 5.41) is 14.5. The molecule has 1 aliphatic rings. The first-order chi connectivity index (χ1) is 13.6. The lowest BCUT2D eigenvalue weighted by Gasteiger charge is -2.34. The van der Waals surface area contributed by atoms with Crippen LogP contribution in [0.25, 0.3) is 0 Å². The van der Waals surface area contributed by atoms with Gasteiger partial charge in [0.15, 0.2) is 0 Å². The molecule has 1 aliphatic carbocycles. The van der Waals surface area contributed by atoms with Crippen molar-refractivity contribution in [2.75, 3.05) is 19.8 Å². The molecule has 0 spiro atoms. The molecule has 3 atom stereocenters. The van der Waals surface area contributed by atoms with Gasteiger partial charge in [-0.05, 0) is 48.6 Å². The highest BCUT2D eigenvalue weighted by Gasteiger charge is 2.31. The third-order valence-corrected chi connectivity index (χ3v) is 5.18. The number of benzene rings is 2. The second-order valence-electron chi connectivity index (χ2n) is 6.86. The highest BCUT2D eigenvalue weighted by Crippen LogP contribution is 2.33. The number of carbonyl (C=O) groups excluding carboxylic acids is 1. The Morgan fingerprint density at radius 1 is 1.29 bits per heavy atom. The van der Waals surface area contributed by atoms with Crippen molar-refractivity contribution in [3.63, 3.8) is 0 Å². The van der Waals surface area contributed by atoms with Crippen molar-refractivity contribution >= 4 is 17.6 Å². The topological polar surface area (TPSA) is 67.8 Å². The summed E-state index contributed by atoms with van der Waals surface area (Å²) in [6.45, 7) is 2.38. The van der Waals surface area contributed by atoms with Crippen LogP contribution in [0.1, 0.15) is 42.2 Å². The predicted octanol–water partition coefficient (Wildman–Crippen LogP) is 3.60. The number of hydrogen-bond donors (Lipinski definition) is 2. The summed E-state index contributed by atoms with van der Waals surface area (Å²) >= 11 is 6.02. The van der Waals surface area contributed by atoms with Gasteiger partial charge in [0.25, 0.3) is 0 Å². The van der Waals surface area contributed by atoms with E-state index in [-0.39, 0.29) is 24.7 Å². The molecule has 150 valence electrons. The van der Waals surface area contributed by atoms with Crippen LogP contribution >= 0.6 is 11.6 Å². The second-order valence-corrected chi connectivity index (χ2v) is 7.30. The lowest BCUT2D eigenvalue weighted by Crippen LogP contribution is -2.42. The second kappa shape index (κ2) is 10.0. The molecule has 0 radical (unpaired) electrons. The molecule has 28 heavy (non-hydrogen) atoms. The molecule has 6 heteroatoms. The molecule has 3 rings (SSSR count). The zero-order chi connectivity index (χ0) is 19.9. The van der Waals surface area contributed by atoms with Crippen LogP contribution in [0.5, 0.6) is 0 Å². The van der Waals surface area contributed by atoms with Gasteiger partial charge in [-0.2, -0.15) is 0 Å². The summed E-state index contributed by atoms with van der Waals surface area (Å²) in [7, 11) is 0. The van der Waals surface area contributed by atoms with E-state index < -0.39 is 6.10 Å². The summed E-state index contributed by atoms with van der Waals surface area (Å²) in [5.74, 6) is -0.372. The van der Waals surface area contributed by atoms with E-state index in [1.165, 1.54) is 5.56 Å². The molecule has 0 aliphatic heterocycles. The van der Waals surface area contributed by atoms with Crippen LogP contribution in [-0.2, 0) is 20.7 Å². The molecule has 0 saturated carbocycles. The lowest BCUT2D eigenvalue weighted by molar-refractivity contribution is -0.151. The highest BCUT2D eigenvalue weighted by molar-refractivity contribution is 6.30. The summed E-state index contributed by atoms with van der Waals surface area (Å²) in [4.78, 5) is 11.8. The SMILES string of the molecule is CCOC(=O)COC1c2ccccc2CCC1NCC(O)c1cccc(Cl)c1. The van der Waals surface area contributed by atoms with Crippen molar-refractivity contribution in [3.8, 4) is 0 Å². The summed E-state index contributed by atoms with van der Waals surface area (Å²) in [6.07, 6.45) is 0.815. The number of nitrogens with one attached hydrogen (secondary N) is 1. The number of carbonyl (C=O) groups is 1. The van der Waals surface area contributed by atoms with Crippen LogP contribution in [0.3, 0.4) is 0 Å². The van der Waals surface area contributed by atoms with Gasteiger partial charge in [-0.3, -0.25) is 0 Å². The number of halogens is 1. The summed E-state index contributed by atoms with van der Waals surface area (Å²) in [5.41, 5.74) is 3.07. The van der Waals surface area contributed by atoms with Gasteiger partial charge in [-0.1, -0.05) is 48.0 Å². The number of esters is 1. The van der Waals surface area contributed by atoms with E-state index in [1.807, 2.05) is 30.3 Å². The van der Waals surface area contributed by atoms with Crippen molar-refractivity contribution < 1.29 is 19.4 Å². The molecule has 2 aromatic carbocycles. The molecule has 0 fully saturated rings. The van der Waals surface area contributed by atoms with Crippen LogP contribution < -0.4 is 5.32 Å². The molecule has 3 unspecified atom stereocenters. The number of hydrogen-bond acceptors (Lipinski definition) is 5. The molecule has 2 aromatic rings. The van der Waals surface area contributed by atoms with E-state index in [9.17, 15) is 9.90 Å². The molecular formula is C22H26ClNO4. The van der Waals surface area contributed by atoms with Gasteiger partial charge >= 0.3 is 5.97 Å². The van der Waals surface area contributed by atoms with Crippen molar-refractivity contribution in [2.24, 2.45) is 0 Å². The van der Waals surface area contributed by atoms with Gasteiger partial charge in [0, 0.05) is 17.6 Å². The third-order valence-electron chi connectivity index (χ3n) is 4.94. The zero-order valence-corrected chi connectivity index (χ0v) is 16.7. The minimum atomic E-state index is -0.679. The van der Waals surface area contributed by atoms with Crippen LogP contribution in [0, 0.1) is 0 Å². The highest BCUT2D eigenvalue weighted by atomic mass is 35.5. The van der Waals surface area contributed by atoms with Gasteiger partial charge in [0.1, 0.15) is 6.61 Å². The Bertz CT molecular complexity index is 798. The zero-order valence-electron chi connectivity index (χ0n) is 15.9. The monoisotopic (exact) mass is 403 g/mol. The van der Waals surface area contributed by atoms with Crippen molar-refractivity contribution in [3.05, 3.63) is 70.2 Å². The number of ether oxygens (including phenoxy) is 2. The Labute approximate surface area is 170 Å². The minimum Gasteiger partial charge on any atom is -0.464 e. The number of aliphatic hydroxyl groups is 1. The Balaban J connectivity index is 1.68. The van der Waals surface area contributed by atoms with Crippen molar-refractivity contribution in [1.82, 2.24) is 5.32 Å². The molecule has 0 bridgehead atoms. The standard InChI is InChI=1S/C22H26ClNO4/c1-2-27-21(26)14-28-22-18-9-4-3-6-15(18)10-11-19(22)24-13-20(25)16-7-5-8-17(23)12-16/h3-9,12,19-20,22,24-25H,2,10-11,13-14H2,1H3. The van der Waals surface area contributed by atoms with Gasteiger partial charge in [-0.25, -0.2) is 4.79 Å². The average Bonchev–Trinajstić information content (AvgIpc) is 2.70. The maximum absolute atomic E-state index is 11.8. The van der Waals surface area contributed by atoms with E-state index >= 15 is 0 Å². The molecule has 0 saturated heterocycles. The quantitative estimate of drug-likeness (QED) is 0.659. The Morgan fingerprint density at radius 2 is 2.11 bits per heavy atom. The smallest absolute Gasteiger partial charge is 0.332 e. The number of fused-ring (bicyclic) bond motifs is 1. The summed E-state index contributed by atoms with van der Waals surface area (Å²) in [6, 6.07) is 15.3. The fourth-order valence-corrected chi connectivity index (χ4v) is 3.79. The summed E-state index contributed by atoms with van der Waals surface area (Å²) < 4.78 is 10.9. The first-order valence-electron chi connectivity index (χ1n) is 9.60. The maximum atomic E-state index is 11.8. The first-order valence-corrected chi connectivity index (χ1v) is 9.98. The van der Waals surface area contributed by atoms with Gasteiger partial charge in [-0.15, -0.1) is 0 Å². The number of aryl methyl sites for hydroxylation is 1. The Morgan fingerprint density at radius 3 is 2.89 bits per heavy atom. The van der Waals surface area contributed by atoms with Crippen molar-refractivity contribution in [1.29, 1.82) is 0 Å². The van der Waals surface area contributed by atoms with Gasteiger partial charge in [0.2, 0.25) is 0 Å². The predicted molar refractivity (Wildman–Crippen MR) is 108 cm³/mol. The maximum Gasteiger partial charge on any atom is 0.332 e. The fourth-order valence-electron chi connectivity index (χ4n) is 3.59. The van der Waals surface area contributed by atoms with Crippen LogP contribution in [0.4, 0.5) is 0 Å². The molecule has 0 heterocycles. The third kappa shape index (κ3) is 5.32. The Hall–Kier alpha value is -1.92. The van der Waals surface area contributed by atoms with Crippen LogP contribution in [-0.4, -0.2) is 36.9 Å². The van der Waals surface area contributed by atoms with E-state index in [4.69, 9.17) is 21.1 Å². The number of aliphatic hydroxyl groups excluding tert-OH is 1. The normalized spacial score (nSPS) is 19.7. The molecule has 2 N–H and O–H groups in total. The fraction of sp³-hybridized carbons (Fsp3) is 0.409.